The Morgan fingerprint density at radius 3 is 1.90 bits per heavy atom. The lowest BCUT2D eigenvalue weighted by Crippen LogP contribution is -2.80. The van der Waals surface area contributed by atoms with E-state index in [4.69, 9.17) is 61.6 Å². The van der Waals surface area contributed by atoms with Crippen LogP contribution in [0, 0.1) is 22.7 Å². The molecule has 7 N–H and O–H groups in total. The van der Waals surface area contributed by atoms with Gasteiger partial charge in [-0.25, -0.2) is 4.79 Å². The summed E-state index contributed by atoms with van der Waals surface area (Å²) in [6, 6.07) is 9.17. The first-order valence-electron chi connectivity index (χ1n) is 28.8. The van der Waals surface area contributed by atoms with Gasteiger partial charge in [-0.1, -0.05) is 55.8 Å². The molecule has 3 saturated carbocycles. The number of esters is 2. The Kier molecular flexibility index (Phi) is 19.3. The van der Waals surface area contributed by atoms with Crippen LogP contribution in [0.15, 0.2) is 48.1 Å². The van der Waals surface area contributed by atoms with Crippen molar-refractivity contribution in [3.8, 4) is 0 Å². The van der Waals surface area contributed by atoms with E-state index in [1.54, 1.807) is 34.0 Å². The number of rotatable bonds is 17. The third-order valence-electron chi connectivity index (χ3n) is 19.6. The molecule has 82 heavy (non-hydrogen) atoms. The molecule has 460 valence electrons. The Balaban J connectivity index is 0.842. The molecule has 0 bridgehead atoms. The van der Waals surface area contributed by atoms with Crippen LogP contribution >= 0.6 is 0 Å². The zero-order valence-electron chi connectivity index (χ0n) is 48.4. The van der Waals surface area contributed by atoms with Gasteiger partial charge in [0.2, 0.25) is 0 Å². The van der Waals surface area contributed by atoms with Crippen molar-refractivity contribution in [1.29, 1.82) is 0 Å². The van der Waals surface area contributed by atoms with Crippen LogP contribution in [0.3, 0.4) is 0 Å². The van der Waals surface area contributed by atoms with Crippen molar-refractivity contribution in [1.82, 2.24) is 0 Å². The molecule has 4 heterocycles. The highest BCUT2D eigenvalue weighted by molar-refractivity contribution is 5.87. The van der Waals surface area contributed by atoms with E-state index >= 15 is 0 Å². The Morgan fingerprint density at radius 2 is 1.29 bits per heavy atom. The van der Waals surface area contributed by atoms with E-state index < -0.39 is 175 Å². The first kappa shape index (κ1) is 63.1. The van der Waals surface area contributed by atoms with Crippen LogP contribution < -0.4 is 0 Å². The van der Waals surface area contributed by atoms with Crippen molar-refractivity contribution < 1.29 is 112 Å². The molecular formula is C59H86O23. The quantitative estimate of drug-likeness (QED) is 0.0666. The van der Waals surface area contributed by atoms with E-state index in [1.165, 1.54) is 34.1 Å². The molecule has 9 rings (SSSR count). The molecule has 4 saturated heterocycles. The number of aliphatic hydroxyl groups is 7. The maximum atomic E-state index is 13.9. The van der Waals surface area contributed by atoms with Gasteiger partial charge in [0.15, 0.2) is 25.2 Å². The fourth-order valence-electron chi connectivity index (χ4n) is 15.3. The van der Waals surface area contributed by atoms with Gasteiger partial charge in [-0.2, -0.15) is 0 Å². The number of carbonyl (C=O) groups excluding carboxylic acids is 3. The lowest BCUT2D eigenvalue weighted by atomic mass is 9.42. The number of methoxy groups -OCH3 is 3. The molecule has 0 radical (unpaired) electrons. The fourth-order valence-corrected chi connectivity index (χ4v) is 15.3. The summed E-state index contributed by atoms with van der Waals surface area (Å²) in [5.74, 6) is -3.44. The molecule has 0 amide bonds. The van der Waals surface area contributed by atoms with Gasteiger partial charge in [-0.15, -0.1) is 0 Å². The third kappa shape index (κ3) is 11.4. The van der Waals surface area contributed by atoms with Crippen LogP contribution in [0.25, 0.3) is 6.08 Å². The summed E-state index contributed by atoms with van der Waals surface area (Å²) in [4.78, 5) is 40.6. The van der Waals surface area contributed by atoms with E-state index in [2.05, 4.69) is 0 Å². The zero-order valence-corrected chi connectivity index (χ0v) is 48.4. The van der Waals surface area contributed by atoms with Crippen LogP contribution in [0.4, 0.5) is 0 Å². The summed E-state index contributed by atoms with van der Waals surface area (Å²) in [6.45, 7) is 11.0. The fraction of sp³-hybridized carbons (Fsp3) is 0.780. The predicted molar refractivity (Wildman–Crippen MR) is 284 cm³/mol. The molecule has 4 aliphatic carbocycles. The summed E-state index contributed by atoms with van der Waals surface area (Å²) in [6.07, 6.45) is -14.6. The SMILES string of the molecule is COC1CC(OC2CCC3(C)C(=CCC4(O)C3C(OC(C)=O)C(OC(=O)C=Cc3ccccc3)C3(C)C(C(C)=O)CCC43O)C2)OC(C)C1OC1CC(OC)C(OC2OC(C)C(OC3OC(CO)C(O)C(O)C3O)C(OC)C2O)C(C)O1. The Labute approximate surface area is 478 Å². The first-order valence-corrected chi connectivity index (χ1v) is 28.8. The lowest BCUT2D eigenvalue weighted by Gasteiger charge is -2.68. The molecule has 0 aromatic heterocycles. The van der Waals surface area contributed by atoms with Crippen molar-refractivity contribution in [2.75, 3.05) is 27.9 Å². The van der Waals surface area contributed by atoms with Gasteiger partial charge >= 0.3 is 11.9 Å². The van der Waals surface area contributed by atoms with Gasteiger partial charge in [0.25, 0.3) is 0 Å². The summed E-state index contributed by atoms with van der Waals surface area (Å²) >= 11 is 0. The first-order chi connectivity index (χ1) is 38.9. The highest BCUT2D eigenvalue weighted by Gasteiger charge is 2.81. The minimum Gasteiger partial charge on any atom is -0.458 e. The van der Waals surface area contributed by atoms with Crippen molar-refractivity contribution in [3.05, 3.63) is 53.6 Å². The minimum atomic E-state index is -1.93. The maximum absolute atomic E-state index is 13.9. The average molecular weight is 1160 g/mol. The number of aliphatic hydroxyl groups excluding tert-OH is 5. The second-order valence-electron chi connectivity index (χ2n) is 24.2. The number of hydrogen-bond donors (Lipinski definition) is 7. The summed E-state index contributed by atoms with van der Waals surface area (Å²) in [5.41, 5.74) is -4.60. The van der Waals surface area contributed by atoms with Gasteiger partial charge in [0.05, 0.1) is 43.2 Å². The molecule has 1 aromatic carbocycles. The van der Waals surface area contributed by atoms with Crippen molar-refractivity contribution in [2.45, 2.75) is 240 Å². The smallest absolute Gasteiger partial charge is 0.331 e. The van der Waals surface area contributed by atoms with E-state index in [0.29, 0.717) is 25.7 Å². The topological polar surface area (TPSA) is 313 Å². The molecule has 0 spiro atoms. The predicted octanol–water partition coefficient (Wildman–Crippen LogP) is 1.92. The Hall–Kier alpha value is -3.41. The van der Waals surface area contributed by atoms with Crippen LogP contribution in [-0.4, -0.2) is 222 Å². The number of Topliss-reactive ketones (excluding diaryl/α,β-unsaturated/α-hetero) is 1. The van der Waals surface area contributed by atoms with Gasteiger partial charge in [0.1, 0.15) is 84.1 Å². The number of carbonyl (C=O) groups is 3. The second-order valence-corrected chi connectivity index (χ2v) is 24.2. The van der Waals surface area contributed by atoms with E-state index in [0.717, 1.165) is 11.1 Å². The number of fused-ring (bicyclic) bond motifs is 5. The molecule has 4 aliphatic heterocycles. The van der Waals surface area contributed by atoms with Gasteiger partial charge in [-0.3, -0.25) is 9.59 Å². The van der Waals surface area contributed by atoms with Crippen LogP contribution in [0.5, 0.6) is 0 Å². The molecule has 23 heteroatoms. The number of benzene rings is 1. The van der Waals surface area contributed by atoms with Crippen LogP contribution in [-0.2, 0) is 76.0 Å². The average Bonchev–Trinajstić information content (AvgIpc) is 3.88. The van der Waals surface area contributed by atoms with Gasteiger partial charge in [0, 0.05) is 64.4 Å². The van der Waals surface area contributed by atoms with Gasteiger partial charge < -0.3 is 97.3 Å². The molecule has 23 nitrogen and oxygen atoms in total. The Bertz CT molecular complexity index is 2440. The third-order valence-corrected chi connectivity index (χ3v) is 19.6. The number of ether oxygens (including phenoxy) is 13. The van der Waals surface area contributed by atoms with Crippen molar-refractivity contribution >= 4 is 23.8 Å². The molecule has 27 unspecified atom stereocenters. The van der Waals surface area contributed by atoms with E-state index in [9.17, 15) is 50.1 Å². The van der Waals surface area contributed by atoms with Crippen molar-refractivity contribution in [3.63, 3.8) is 0 Å². The highest BCUT2D eigenvalue weighted by Crippen LogP contribution is 2.70. The second kappa shape index (κ2) is 25.1. The van der Waals surface area contributed by atoms with Crippen LogP contribution in [0.1, 0.15) is 105 Å². The van der Waals surface area contributed by atoms with E-state index in [-0.39, 0.29) is 37.6 Å². The summed E-state index contributed by atoms with van der Waals surface area (Å²) in [5, 5.41) is 78.9. The van der Waals surface area contributed by atoms with E-state index in [1.807, 2.05) is 50.3 Å². The minimum absolute atomic E-state index is 0.0183. The maximum Gasteiger partial charge on any atom is 0.331 e. The molecule has 27 atom stereocenters. The Morgan fingerprint density at radius 1 is 0.683 bits per heavy atom. The monoisotopic (exact) mass is 1160 g/mol. The summed E-state index contributed by atoms with van der Waals surface area (Å²) < 4.78 is 80.6. The van der Waals surface area contributed by atoms with Gasteiger partial charge in [-0.05, 0) is 83.3 Å². The lowest BCUT2D eigenvalue weighted by molar-refractivity contribution is -0.373. The number of hydrogen-bond acceptors (Lipinski definition) is 23. The molecule has 1 aromatic rings. The molecule has 7 fully saturated rings. The zero-order chi connectivity index (χ0) is 59.4. The normalized spacial score (nSPS) is 47.6. The molecular weight excluding hydrogens is 1080 g/mol. The summed E-state index contributed by atoms with van der Waals surface area (Å²) in [7, 11) is 4.46. The van der Waals surface area contributed by atoms with Crippen LogP contribution in [0.2, 0.25) is 0 Å². The number of ketones is 1. The largest absolute Gasteiger partial charge is 0.458 e. The standard InChI is InChI=1S/C59H86O23/c1-28(61)36-20-23-59(69)57(36,7)53(79-40(63)17-16-33-14-12-11-13-15-33)51(76-32(5)62)52-56(6)21-19-35(24-34(56)18-22-58(52,59)68)77-41-25-37(70-8)47(29(2)73-41)80-42-26-38(71-9)48(30(3)74-42)81-55-46(67)50(72-10)49(31(4)75-55)82-54-45(66)44(65)43(64)39(27-60)78-54/h11-18,29-31,35-39,41-55,60,64-69H,19-27H2,1-10H3. The molecule has 8 aliphatic rings. The highest BCUT2D eigenvalue weighted by atomic mass is 16.8. The van der Waals surface area contributed by atoms with Crippen molar-refractivity contribution in [2.24, 2.45) is 22.7 Å².